The molecule has 1 aromatic heterocycles. The van der Waals surface area contributed by atoms with Crippen LogP contribution < -0.4 is 11.4 Å². The molecule has 0 saturated carbocycles. The highest BCUT2D eigenvalue weighted by molar-refractivity contribution is 7.61. The van der Waals surface area contributed by atoms with E-state index in [2.05, 4.69) is 28.4 Å². The summed E-state index contributed by atoms with van der Waals surface area (Å²) in [5.41, 5.74) is 4.57. The first kappa shape index (κ1) is 68.0. The number of unbranched alkanes of at least 4 members (excludes halogenated alkanes) is 13. The number of phosphoric acid groups is 2. The number of nitrogens with two attached hydrogens (primary N) is 1. The minimum absolute atomic E-state index is 0.0800. The normalized spacial score (nSPS) is 20.2. The van der Waals surface area contributed by atoms with Crippen molar-refractivity contribution in [3.05, 3.63) is 108 Å². The molecule has 0 spiro atoms. The van der Waals surface area contributed by atoms with Crippen molar-refractivity contribution in [1.82, 2.24) is 9.55 Å². The van der Waals surface area contributed by atoms with E-state index in [4.69, 9.17) is 29.0 Å². The summed E-state index contributed by atoms with van der Waals surface area (Å²) < 4.78 is 56.7. The Kier molecular flexibility index (Phi) is 36.7. The molecule has 1 aromatic rings. The van der Waals surface area contributed by atoms with Gasteiger partial charge in [0.1, 0.15) is 30.7 Å². The molecule has 0 aromatic carbocycles. The lowest BCUT2D eigenvalue weighted by molar-refractivity contribution is -0.161. The zero-order valence-electron chi connectivity index (χ0n) is 44.5. The van der Waals surface area contributed by atoms with Gasteiger partial charge in [0.25, 0.3) is 0 Å². The number of hydrogen-bond donors (Lipinski definition) is 7. The lowest BCUT2D eigenvalue weighted by Gasteiger charge is -2.21. The maximum Gasteiger partial charge on any atom is 0.481 e. The fourth-order valence-corrected chi connectivity index (χ4v) is 9.56. The van der Waals surface area contributed by atoms with Gasteiger partial charge in [0.05, 0.1) is 25.4 Å². The van der Waals surface area contributed by atoms with Gasteiger partial charge in [-0.3, -0.25) is 23.2 Å². The van der Waals surface area contributed by atoms with Crippen LogP contribution in [0.2, 0.25) is 0 Å². The lowest BCUT2D eigenvalue weighted by Crippen LogP contribution is -2.36. The second-order valence-corrected chi connectivity index (χ2v) is 21.4. The molecule has 20 nitrogen and oxygen atoms in total. The molecule has 430 valence electrons. The first-order valence-corrected chi connectivity index (χ1v) is 29.8. The van der Waals surface area contributed by atoms with Crippen LogP contribution in [-0.2, 0) is 46.3 Å². The molecule has 22 heteroatoms. The summed E-state index contributed by atoms with van der Waals surface area (Å²) in [5, 5.41) is 41.0. The number of aliphatic hydroxyl groups is 4. The summed E-state index contributed by atoms with van der Waals surface area (Å²) in [6.45, 7) is 1.79. The number of nitrogens with zero attached hydrogens (tertiary/aromatic N) is 2. The predicted molar refractivity (Wildman–Crippen MR) is 291 cm³/mol. The predicted octanol–water partition coefficient (Wildman–Crippen LogP) is 9.39. The van der Waals surface area contributed by atoms with Crippen molar-refractivity contribution in [2.24, 2.45) is 0 Å². The molecule has 0 aliphatic carbocycles. The Balaban J connectivity index is 1.85. The molecule has 1 aliphatic heterocycles. The summed E-state index contributed by atoms with van der Waals surface area (Å²) in [7, 11) is -10.9. The van der Waals surface area contributed by atoms with E-state index in [-0.39, 0.29) is 25.1 Å². The molecule has 1 saturated heterocycles. The van der Waals surface area contributed by atoms with Gasteiger partial charge in [-0.15, -0.1) is 0 Å². The van der Waals surface area contributed by atoms with Crippen molar-refractivity contribution in [2.75, 3.05) is 25.6 Å². The van der Waals surface area contributed by atoms with Crippen LogP contribution in [0.4, 0.5) is 5.82 Å². The number of anilines is 1. The highest BCUT2D eigenvalue weighted by Crippen LogP contribution is 2.60. The van der Waals surface area contributed by atoms with Crippen molar-refractivity contribution in [2.45, 2.75) is 198 Å². The number of rotatable bonds is 43. The molecule has 76 heavy (non-hydrogen) atoms. The van der Waals surface area contributed by atoms with Crippen molar-refractivity contribution < 1.29 is 76.5 Å². The fourth-order valence-electron chi connectivity index (χ4n) is 7.45. The van der Waals surface area contributed by atoms with Gasteiger partial charge in [-0.1, -0.05) is 163 Å². The molecule has 1 aliphatic rings. The third-order valence-corrected chi connectivity index (χ3v) is 14.2. The number of ether oxygens (including phenoxy) is 3. The maximum absolute atomic E-state index is 12.9. The molecule has 2 heterocycles. The summed E-state index contributed by atoms with van der Waals surface area (Å²) >= 11 is 0. The number of carbonyl (C=O) groups excluding carboxylic acids is 2. The topological polar surface area (TPSA) is 306 Å². The van der Waals surface area contributed by atoms with Crippen LogP contribution in [0.1, 0.15) is 161 Å². The summed E-state index contributed by atoms with van der Waals surface area (Å²) in [4.78, 5) is 62.0. The minimum atomic E-state index is -5.47. The van der Waals surface area contributed by atoms with Gasteiger partial charge in [-0.25, -0.2) is 13.9 Å². The minimum Gasteiger partial charge on any atom is -0.462 e. The van der Waals surface area contributed by atoms with Crippen LogP contribution >= 0.6 is 15.6 Å². The van der Waals surface area contributed by atoms with Crippen LogP contribution in [0.15, 0.2) is 102 Å². The number of aromatic nitrogens is 2. The standard InChI is InChI=1S/C54H87N3O17P2/c1-3-5-7-8-9-10-11-12-13-14-15-16-17-18-19-23-31-37-49(60)69-41-46(72-50(61)38-32-24-21-20-22-28-34-45(59)36-30-26-25-29-35-44(58)33-27-6-4-2)42-70-75(65,66)74-76(67,68)71-43-47-51(62)52(63)53(73-47)57-40-39-48(55)56-54(57)64/h6,12-13,21-22,24-30,35-36,39-40,44-47,51-53,58-59,62-63H,3-5,7-11,14-20,23,31-34,37-38,41-43H2,1-2H3,(H,65,66)(H,67,68)(H2,55,56,64)/b13-12-,24-21-,26-25-,27-6-,28-22-,35-29+,36-30+/t44-,45+,46+,47+,51+,52+,53+/m0/s1. The SMILES string of the molecule is CC/C=C\C[C@H](O)/C=C/C=C\C=C\[C@H](O)C/C=C\C/C=C\CCC(=O)O[C@H](COC(=O)CCCCCCCCC/C=C\CCCCCCCC)COP(=O)(O)OP(=O)(O)OC[C@H]1O[C@@H](n2ccc(N)nc2=O)[C@H](O)[C@@H]1O. The number of hydrogen-bond acceptors (Lipinski definition) is 17. The number of nitrogen functional groups attached to an aromatic ring is 1. The lowest BCUT2D eigenvalue weighted by atomic mass is 10.1. The van der Waals surface area contributed by atoms with Crippen molar-refractivity contribution in [3.63, 3.8) is 0 Å². The van der Waals surface area contributed by atoms with Gasteiger partial charge < -0.3 is 50.2 Å². The first-order chi connectivity index (χ1) is 36.5. The van der Waals surface area contributed by atoms with Crippen LogP contribution in [0.3, 0.4) is 0 Å². The fraction of sp³-hybridized carbons (Fsp3) is 0.630. The molecule has 0 bridgehead atoms. The number of esters is 2. The molecule has 9 atom stereocenters. The number of allylic oxidation sites excluding steroid dienone is 10. The Morgan fingerprint density at radius 2 is 1.28 bits per heavy atom. The zero-order valence-corrected chi connectivity index (χ0v) is 46.3. The van der Waals surface area contributed by atoms with E-state index in [9.17, 15) is 53.7 Å². The number of carbonyl (C=O) groups is 2. The average Bonchev–Trinajstić information content (AvgIpc) is 3.65. The highest BCUT2D eigenvalue weighted by Gasteiger charge is 2.46. The number of phosphoric ester groups is 2. The van der Waals surface area contributed by atoms with E-state index < -0.39 is 95.9 Å². The monoisotopic (exact) mass is 1110 g/mol. The largest absolute Gasteiger partial charge is 0.481 e. The van der Waals surface area contributed by atoms with Gasteiger partial charge in [0.15, 0.2) is 12.3 Å². The van der Waals surface area contributed by atoms with Gasteiger partial charge >= 0.3 is 33.3 Å². The molecule has 1 fully saturated rings. The Labute approximate surface area is 449 Å². The van der Waals surface area contributed by atoms with Crippen LogP contribution in [0.5, 0.6) is 0 Å². The zero-order chi connectivity index (χ0) is 55.9. The molecular weight excluding hydrogens is 1020 g/mol. The van der Waals surface area contributed by atoms with Crippen molar-refractivity contribution in [1.29, 1.82) is 0 Å². The average molecular weight is 1110 g/mol. The second kappa shape index (κ2) is 41.0. The quantitative estimate of drug-likeness (QED) is 0.0105. The molecule has 2 rings (SSSR count). The van der Waals surface area contributed by atoms with Gasteiger partial charge in [-0.2, -0.15) is 9.29 Å². The molecule has 8 N–H and O–H groups in total. The first-order valence-electron chi connectivity index (χ1n) is 26.8. The third-order valence-electron chi connectivity index (χ3n) is 11.6. The number of aliphatic hydroxyl groups excluding tert-OH is 4. The summed E-state index contributed by atoms with van der Waals surface area (Å²) in [6.07, 6.45) is 37.3. The van der Waals surface area contributed by atoms with E-state index in [0.29, 0.717) is 25.7 Å². The van der Waals surface area contributed by atoms with Crippen LogP contribution in [0, 0.1) is 0 Å². The Morgan fingerprint density at radius 3 is 1.89 bits per heavy atom. The summed E-state index contributed by atoms with van der Waals surface area (Å²) in [6, 6.07) is 1.23. The smallest absolute Gasteiger partial charge is 0.462 e. The van der Waals surface area contributed by atoms with Crippen LogP contribution in [-0.4, -0.2) is 108 Å². The second-order valence-electron chi connectivity index (χ2n) is 18.4. The Morgan fingerprint density at radius 1 is 0.711 bits per heavy atom. The van der Waals surface area contributed by atoms with Crippen molar-refractivity contribution in [3.8, 4) is 0 Å². The van der Waals surface area contributed by atoms with Gasteiger partial charge in [0, 0.05) is 19.0 Å². The van der Waals surface area contributed by atoms with E-state index in [1.165, 1.54) is 44.6 Å². The Hall–Kier alpha value is -4.14. The highest BCUT2D eigenvalue weighted by atomic mass is 31.3. The van der Waals surface area contributed by atoms with E-state index in [1.54, 1.807) is 48.6 Å². The molecule has 0 radical (unpaired) electrons. The maximum atomic E-state index is 12.9. The van der Waals surface area contributed by atoms with E-state index >= 15 is 0 Å². The van der Waals surface area contributed by atoms with Crippen molar-refractivity contribution >= 4 is 33.4 Å². The van der Waals surface area contributed by atoms with E-state index in [1.807, 2.05) is 31.2 Å². The molecular formula is C54H87N3O17P2. The summed E-state index contributed by atoms with van der Waals surface area (Å²) in [5.74, 6) is -1.49. The Bertz CT molecular complexity index is 2140. The van der Waals surface area contributed by atoms with Gasteiger partial charge in [0.2, 0.25) is 0 Å². The van der Waals surface area contributed by atoms with Crippen LogP contribution in [0.25, 0.3) is 0 Å². The van der Waals surface area contributed by atoms with E-state index in [0.717, 1.165) is 68.6 Å². The third kappa shape index (κ3) is 33.2. The van der Waals surface area contributed by atoms with Gasteiger partial charge in [-0.05, 0) is 70.3 Å². The molecule has 2 unspecified atom stereocenters. The molecule has 0 amide bonds.